The lowest BCUT2D eigenvalue weighted by molar-refractivity contribution is 0.0786. The lowest BCUT2D eigenvalue weighted by Crippen LogP contribution is -2.26. The van der Waals surface area contributed by atoms with Crippen LogP contribution in [-0.4, -0.2) is 33.4 Å². The first-order chi connectivity index (χ1) is 12.4. The monoisotopic (exact) mass is 395 g/mol. The summed E-state index contributed by atoms with van der Waals surface area (Å²) < 4.78 is 5.09. The zero-order valence-electron chi connectivity index (χ0n) is 14.7. The molecule has 1 aliphatic rings. The predicted octanol–water partition coefficient (Wildman–Crippen LogP) is 4.20. The van der Waals surface area contributed by atoms with Crippen LogP contribution in [0.25, 0.3) is 10.6 Å². The number of hydrogen-bond acceptors (Lipinski definition) is 7. The first kappa shape index (κ1) is 18.8. The van der Waals surface area contributed by atoms with Crippen LogP contribution in [0.3, 0.4) is 0 Å². The number of aromatic nitrogens is 3. The van der Waals surface area contributed by atoms with Crippen molar-refractivity contribution in [2.24, 2.45) is 5.73 Å². The van der Waals surface area contributed by atoms with Crippen molar-refractivity contribution in [1.82, 2.24) is 15.2 Å². The summed E-state index contributed by atoms with van der Waals surface area (Å²) in [6, 6.07) is 2.07. The second kappa shape index (κ2) is 8.18. The van der Waals surface area contributed by atoms with Gasteiger partial charge < -0.3 is 15.8 Å². The van der Waals surface area contributed by atoms with Crippen molar-refractivity contribution in [2.75, 3.05) is 5.32 Å². The maximum absolute atomic E-state index is 10.9. The van der Waals surface area contributed by atoms with E-state index in [4.69, 9.17) is 22.1 Å². The highest BCUT2D eigenvalue weighted by atomic mass is 35.5. The van der Waals surface area contributed by atoms with Crippen LogP contribution in [0.1, 0.15) is 50.5 Å². The summed E-state index contributed by atoms with van der Waals surface area (Å²) in [4.78, 5) is 15.1. The minimum Gasteiger partial charge on any atom is -0.446 e. The number of pyridine rings is 1. The molecule has 0 radical (unpaired) electrons. The Bertz CT molecular complexity index is 774. The summed E-state index contributed by atoms with van der Waals surface area (Å²) in [6.45, 7) is 4.13. The number of nitrogens with one attached hydrogen (secondary N) is 1. The molecule has 0 aromatic carbocycles. The molecule has 2 aromatic rings. The molecule has 7 nitrogen and oxygen atoms in total. The number of carbonyl (C=O) groups excluding carboxylic acids is 1. The highest BCUT2D eigenvalue weighted by Crippen LogP contribution is 2.39. The van der Waals surface area contributed by atoms with Gasteiger partial charge in [0.05, 0.1) is 5.56 Å². The Balaban J connectivity index is 1.74. The maximum atomic E-state index is 10.9. The SMILES string of the molecule is CC(C)Nc1cc(Cl)ncc1-c1nnc(C2CCC(OC(N)=O)CC2)s1. The minimum absolute atomic E-state index is 0.0848. The third-order valence-electron chi connectivity index (χ3n) is 4.29. The molecule has 0 saturated heterocycles. The number of amides is 1. The van der Waals surface area contributed by atoms with Crippen molar-refractivity contribution >= 4 is 34.7 Å². The molecule has 0 atom stereocenters. The van der Waals surface area contributed by atoms with E-state index in [0.29, 0.717) is 11.1 Å². The fourth-order valence-electron chi connectivity index (χ4n) is 3.13. The largest absolute Gasteiger partial charge is 0.446 e. The van der Waals surface area contributed by atoms with Gasteiger partial charge in [0.15, 0.2) is 5.01 Å². The number of nitrogens with two attached hydrogens (primary N) is 1. The molecule has 26 heavy (non-hydrogen) atoms. The zero-order valence-corrected chi connectivity index (χ0v) is 16.3. The summed E-state index contributed by atoms with van der Waals surface area (Å²) in [6.07, 6.45) is 4.35. The van der Waals surface area contributed by atoms with Gasteiger partial charge in [0.25, 0.3) is 0 Å². The second-order valence-corrected chi connectivity index (χ2v) is 8.10. The van der Waals surface area contributed by atoms with Crippen molar-refractivity contribution in [1.29, 1.82) is 0 Å². The fraction of sp³-hybridized carbons (Fsp3) is 0.529. The molecule has 2 aromatic heterocycles. The molecule has 1 amide bonds. The first-order valence-electron chi connectivity index (χ1n) is 8.64. The van der Waals surface area contributed by atoms with Gasteiger partial charge in [-0.1, -0.05) is 22.9 Å². The Hall–Kier alpha value is -1.93. The molecule has 140 valence electrons. The van der Waals surface area contributed by atoms with Gasteiger partial charge in [-0.05, 0) is 45.6 Å². The fourth-order valence-corrected chi connectivity index (χ4v) is 4.33. The average Bonchev–Trinajstić information content (AvgIpc) is 3.04. The van der Waals surface area contributed by atoms with E-state index in [1.807, 2.05) is 6.07 Å². The number of primary amides is 1. The third kappa shape index (κ3) is 4.62. The summed E-state index contributed by atoms with van der Waals surface area (Å²) in [5.74, 6) is 0.329. The predicted molar refractivity (Wildman–Crippen MR) is 103 cm³/mol. The van der Waals surface area contributed by atoms with E-state index in [0.717, 1.165) is 46.9 Å². The maximum Gasteiger partial charge on any atom is 0.404 e. The number of nitrogens with zero attached hydrogens (tertiary/aromatic N) is 3. The van der Waals surface area contributed by atoms with Gasteiger partial charge in [-0.2, -0.15) is 0 Å². The minimum atomic E-state index is -0.702. The number of hydrogen-bond donors (Lipinski definition) is 2. The number of anilines is 1. The van der Waals surface area contributed by atoms with Gasteiger partial charge >= 0.3 is 6.09 Å². The number of ether oxygens (including phenoxy) is 1. The molecule has 1 saturated carbocycles. The Morgan fingerprint density at radius 2 is 2.08 bits per heavy atom. The van der Waals surface area contributed by atoms with Crippen molar-refractivity contribution in [3.05, 3.63) is 22.4 Å². The molecule has 1 aliphatic carbocycles. The number of halogens is 1. The highest BCUT2D eigenvalue weighted by molar-refractivity contribution is 7.14. The van der Waals surface area contributed by atoms with Gasteiger partial charge in [0.2, 0.25) is 0 Å². The molecule has 1 fully saturated rings. The Labute approximate surface area is 161 Å². The lowest BCUT2D eigenvalue weighted by Gasteiger charge is -2.26. The van der Waals surface area contributed by atoms with Crippen molar-refractivity contribution < 1.29 is 9.53 Å². The van der Waals surface area contributed by atoms with Crippen LogP contribution in [0.15, 0.2) is 12.3 Å². The summed E-state index contributed by atoms with van der Waals surface area (Å²) in [7, 11) is 0. The van der Waals surface area contributed by atoms with E-state index in [1.165, 1.54) is 0 Å². The van der Waals surface area contributed by atoms with E-state index < -0.39 is 6.09 Å². The molecule has 0 spiro atoms. The van der Waals surface area contributed by atoms with Crippen LogP contribution >= 0.6 is 22.9 Å². The zero-order chi connectivity index (χ0) is 18.7. The van der Waals surface area contributed by atoms with Crippen LogP contribution in [0.4, 0.5) is 10.5 Å². The van der Waals surface area contributed by atoms with Crippen molar-refractivity contribution in [3.63, 3.8) is 0 Å². The first-order valence-corrected chi connectivity index (χ1v) is 9.83. The van der Waals surface area contributed by atoms with Crippen LogP contribution in [0, 0.1) is 0 Å². The van der Waals surface area contributed by atoms with Gasteiger partial charge in [0.1, 0.15) is 16.3 Å². The number of carbonyl (C=O) groups is 1. The van der Waals surface area contributed by atoms with Crippen LogP contribution in [0.2, 0.25) is 5.15 Å². The van der Waals surface area contributed by atoms with E-state index in [2.05, 4.69) is 34.3 Å². The second-order valence-electron chi connectivity index (χ2n) is 6.71. The molecule has 0 bridgehead atoms. The van der Waals surface area contributed by atoms with E-state index in [1.54, 1.807) is 17.5 Å². The van der Waals surface area contributed by atoms with Crippen LogP contribution in [-0.2, 0) is 4.74 Å². The summed E-state index contributed by atoms with van der Waals surface area (Å²) in [5.41, 5.74) is 6.90. The summed E-state index contributed by atoms with van der Waals surface area (Å²) in [5, 5.41) is 14.4. The topological polar surface area (TPSA) is 103 Å². The van der Waals surface area contributed by atoms with Crippen LogP contribution < -0.4 is 11.1 Å². The van der Waals surface area contributed by atoms with Gasteiger partial charge in [0, 0.05) is 23.8 Å². The molecule has 2 heterocycles. The van der Waals surface area contributed by atoms with E-state index in [-0.39, 0.29) is 12.1 Å². The van der Waals surface area contributed by atoms with E-state index >= 15 is 0 Å². The van der Waals surface area contributed by atoms with Gasteiger partial charge in [-0.3, -0.25) is 0 Å². The van der Waals surface area contributed by atoms with Gasteiger partial charge in [-0.15, -0.1) is 10.2 Å². The van der Waals surface area contributed by atoms with Gasteiger partial charge in [-0.25, -0.2) is 9.78 Å². The van der Waals surface area contributed by atoms with Crippen LogP contribution in [0.5, 0.6) is 0 Å². The van der Waals surface area contributed by atoms with Crippen molar-refractivity contribution in [2.45, 2.75) is 57.6 Å². The van der Waals surface area contributed by atoms with Crippen molar-refractivity contribution in [3.8, 4) is 10.6 Å². The Morgan fingerprint density at radius 1 is 1.35 bits per heavy atom. The molecular formula is C17H22ClN5O2S. The molecule has 3 N–H and O–H groups in total. The molecular weight excluding hydrogens is 374 g/mol. The Kier molecular flexibility index (Phi) is 5.93. The molecule has 0 unspecified atom stereocenters. The molecule has 0 aliphatic heterocycles. The highest BCUT2D eigenvalue weighted by Gasteiger charge is 2.27. The Morgan fingerprint density at radius 3 is 2.73 bits per heavy atom. The summed E-state index contributed by atoms with van der Waals surface area (Å²) >= 11 is 7.61. The third-order valence-corrected chi connectivity index (χ3v) is 5.62. The normalized spacial score (nSPS) is 20.2. The smallest absolute Gasteiger partial charge is 0.404 e. The molecule has 9 heteroatoms. The van der Waals surface area contributed by atoms with E-state index in [9.17, 15) is 4.79 Å². The quantitative estimate of drug-likeness (QED) is 0.735. The standard InChI is InChI=1S/C17H22ClN5O2S/c1-9(2)21-13-7-14(18)20-8-12(13)16-23-22-15(26-16)10-3-5-11(6-4-10)25-17(19)24/h7-11H,3-6H2,1-2H3,(H2,19,24)(H,20,21). The molecule has 3 rings (SSSR count). The number of rotatable bonds is 5. The average molecular weight is 396 g/mol. The lowest BCUT2D eigenvalue weighted by atomic mass is 9.88.